The van der Waals surface area contributed by atoms with Gasteiger partial charge in [-0.1, -0.05) is 25.0 Å². The Morgan fingerprint density at radius 1 is 1.06 bits per heavy atom. The summed E-state index contributed by atoms with van der Waals surface area (Å²) in [4.78, 5) is 23.4. The maximum Gasteiger partial charge on any atom is 0.573 e. The third-order valence-electron chi connectivity index (χ3n) is 5.26. The summed E-state index contributed by atoms with van der Waals surface area (Å²) in [5.74, 6) is 0.237. The van der Waals surface area contributed by atoms with Crippen molar-refractivity contribution in [1.29, 1.82) is 0 Å². The second-order valence-corrected chi connectivity index (χ2v) is 7.61. The number of alkyl halides is 3. The molecule has 8 nitrogen and oxygen atoms in total. The van der Waals surface area contributed by atoms with Gasteiger partial charge in [0.2, 0.25) is 5.91 Å². The zero-order chi connectivity index (χ0) is 22.6. The monoisotopic (exact) mass is 448 g/mol. The Kier molecular flexibility index (Phi) is 6.42. The Bertz CT molecular complexity index is 1060. The first-order chi connectivity index (χ1) is 15.4. The van der Waals surface area contributed by atoms with Gasteiger partial charge >= 0.3 is 6.36 Å². The van der Waals surface area contributed by atoms with Gasteiger partial charge in [-0.25, -0.2) is 14.6 Å². The summed E-state index contributed by atoms with van der Waals surface area (Å²) in [6.45, 7) is 2.00. The molecular weight excluding hydrogens is 425 g/mol. The second-order valence-electron chi connectivity index (χ2n) is 7.61. The minimum absolute atomic E-state index is 0.0325. The molecule has 11 heteroatoms. The van der Waals surface area contributed by atoms with Crippen LogP contribution in [0.1, 0.15) is 31.2 Å². The molecule has 1 aromatic carbocycles. The van der Waals surface area contributed by atoms with E-state index >= 15 is 0 Å². The average Bonchev–Trinajstić information content (AvgIpc) is 2.97. The fourth-order valence-electron chi connectivity index (χ4n) is 3.73. The molecule has 3 aromatic rings. The summed E-state index contributed by atoms with van der Waals surface area (Å²) in [5.41, 5.74) is 1.23. The highest BCUT2D eigenvalue weighted by atomic mass is 19.4. The first-order valence-electron chi connectivity index (χ1n) is 10.4. The van der Waals surface area contributed by atoms with Crippen molar-refractivity contribution in [1.82, 2.24) is 25.1 Å². The van der Waals surface area contributed by atoms with Gasteiger partial charge in [0.05, 0.1) is 11.6 Å². The van der Waals surface area contributed by atoms with E-state index in [0.29, 0.717) is 11.2 Å². The molecule has 1 saturated heterocycles. The number of carbonyl (C=O) groups excluding carboxylic acids is 1. The summed E-state index contributed by atoms with van der Waals surface area (Å²) in [6, 6.07) is 5.34. The molecule has 1 fully saturated rings. The molecule has 0 atom stereocenters. The summed E-state index contributed by atoms with van der Waals surface area (Å²) >= 11 is 0. The standard InChI is InChI=1S/C21H23F3N6O2/c22-21(23,24)32-16-7-5-15(6-8-16)11-25-18(31)13-30-20-17(12-28-30)19(26-14-27-20)29-9-3-1-2-4-10-29/h5-8,12,14H,1-4,9-11,13H2,(H,25,31). The quantitative estimate of drug-likeness (QED) is 0.622. The van der Waals surface area contributed by atoms with E-state index in [1.54, 1.807) is 6.20 Å². The normalized spacial score (nSPS) is 14.9. The van der Waals surface area contributed by atoms with Crippen molar-refractivity contribution in [2.75, 3.05) is 18.0 Å². The SMILES string of the molecule is O=C(Cn1ncc2c(N3CCCCCC3)ncnc21)NCc1ccc(OC(F)(F)F)cc1. The van der Waals surface area contributed by atoms with E-state index in [0.717, 1.165) is 37.1 Å². The number of halogens is 3. The predicted molar refractivity (Wildman–Crippen MR) is 111 cm³/mol. The number of carbonyl (C=O) groups is 1. The van der Waals surface area contributed by atoms with Gasteiger partial charge in [-0.05, 0) is 30.5 Å². The summed E-state index contributed by atoms with van der Waals surface area (Å²) in [7, 11) is 0. The van der Waals surface area contributed by atoms with E-state index in [4.69, 9.17) is 0 Å². The van der Waals surface area contributed by atoms with Gasteiger partial charge in [0.25, 0.3) is 0 Å². The van der Waals surface area contributed by atoms with Crippen molar-refractivity contribution in [2.24, 2.45) is 0 Å². The summed E-state index contributed by atoms with van der Waals surface area (Å²) in [6.07, 6.45) is 3.09. The van der Waals surface area contributed by atoms with Crippen LogP contribution in [-0.2, 0) is 17.9 Å². The van der Waals surface area contributed by atoms with Gasteiger partial charge in [-0.3, -0.25) is 4.79 Å². The topological polar surface area (TPSA) is 85.2 Å². The predicted octanol–water partition coefficient (Wildman–Crippen LogP) is 3.42. The number of fused-ring (bicyclic) bond motifs is 1. The lowest BCUT2D eigenvalue weighted by molar-refractivity contribution is -0.274. The Morgan fingerprint density at radius 3 is 2.47 bits per heavy atom. The number of aromatic nitrogens is 4. The number of rotatable bonds is 6. The van der Waals surface area contributed by atoms with Crippen LogP contribution in [0.4, 0.5) is 19.0 Å². The molecule has 1 aliphatic rings. The molecule has 0 bridgehead atoms. The Hall–Kier alpha value is -3.37. The first kappa shape index (κ1) is 21.8. The van der Waals surface area contributed by atoms with Gasteiger partial charge in [-0.2, -0.15) is 5.10 Å². The van der Waals surface area contributed by atoms with E-state index in [1.165, 1.54) is 48.1 Å². The third kappa shape index (κ3) is 5.45. The van der Waals surface area contributed by atoms with Crippen LogP contribution >= 0.6 is 0 Å². The van der Waals surface area contributed by atoms with Gasteiger partial charge in [0.15, 0.2) is 5.65 Å². The molecule has 1 aliphatic heterocycles. The number of nitrogens with zero attached hydrogens (tertiary/aromatic N) is 5. The molecule has 0 spiro atoms. The van der Waals surface area contributed by atoms with Crippen LogP contribution in [-0.4, -0.2) is 45.1 Å². The van der Waals surface area contributed by atoms with Crippen LogP contribution in [0.25, 0.3) is 11.0 Å². The lowest BCUT2D eigenvalue weighted by atomic mass is 10.2. The highest BCUT2D eigenvalue weighted by Gasteiger charge is 2.30. The van der Waals surface area contributed by atoms with Crippen LogP contribution in [0.15, 0.2) is 36.8 Å². The highest BCUT2D eigenvalue weighted by Crippen LogP contribution is 2.25. The number of benzene rings is 1. The molecule has 0 aliphatic carbocycles. The molecule has 3 heterocycles. The summed E-state index contributed by atoms with van der Waals surface area (Å²) < 4.78 is 42.1. The van der Waals surface area contributed by atoms with Crippen molar-refractivity contribution < 1.29 is 22.7 Å². The van der Waals surface area contributed by atoms with Crippen molar-refractivity contribution >= 4 is 22.8 Å². The number of nitrogens with one attached hydrogen (secondary N) is 1. The molecule has 170 valence electrons. The van der Waals surface area contributed by atoms with Crippen molar-refractivity contribution in [3.8, 4) is 5.75 Å². The average molecular weight is 448 g/mol. The van der Waals surface area contributed by atoms with Gasteiger partial charge < -0.3 is 15.0 Å². The minimum atomic E-state index is -4.74. The Balaban J connectivity index is 1.38. The van der Waals surface area contributed by atoms with Crippen molar-refractivity contribution in [3.63, 3.8) is 0 Å². The molecule has 0 saturated carbocycles. The lowest BCUT2D eigenvalue weighted by Crippen LogP contribution is -2.27. The van der Waals surface area contributed by atoms with E-state index in [-0.39, 0.29) is 24.7 Å². The highest BCUT2D eigenvalue weighted by molar-refractivity contribution is 5.87. The maximum atomic E-state index is 12.4. The molecule has 2 aromatic heterocycles. The molecular formula is C21H23F3N6O2. The largest absolute Gasteiger partial charge is 0.573 e. The third-order valence-corrected chi connectivity index (χ3v) is 5.26. The van der Waals surface area contributed by atoms with Crippen molar-refractivity contribution in [3.05, 3.63) is 42.4 Å². The first-order valence-corrected chi connectivity index (χ1v) is 10.4. The van der Waals surface area contributed by atoms with Crippen LogP contribution < -0.4 is 15.0 Å². The number of hydrogen-bond donors (Lipinski definition) is 1. The molecule has 0 radical (unpaired) electrons. The minimum Gasteiger partial charge on any atom is -0.406 e. The van der Waals surface area contributed by atoms with E-state index in [1.807, 2.05) is 0 Å². The van der Waals surface area contributed by atoms with Gasteiger partial charge in [-0.15, -0.1) is 13.2 Å². The van der Waals surface area contributed by atoms with E-state index < -0.39 is 6.36 Å². The Labute approximate surface area is 182 Å². The van der Waals surface area contributed by atoms with E-state index in [9.17, 15) is 18.0 Å². The molecule has 4 rings (SSSR count). The number of anilines is 1. The van der Waals surface area contributed by atoms with Gasteiger partial charge in [0.1, 0.15) is 24.4 Å². The van der Waals surface area contributed by atoms with Crippen LogP contribution in [0, 0.1) is 0 Å². The zero-order valence-electron chi connectivity index (χ0n) is 17.3. The van der Waals surface area contributed by atoms with Gasteiger partial charge in [0, 0.05) is 19.6 Å². The van der Waals surface area contributed by atoms with Crippen LogP contribution in [0.2, 0.25) is 0 Å². The molecule has 1 amide bonds. The lowest BCUT2D eigenvalue weighted by Gasteiger charge is -2.21. The number of ether oxygens (including phenoxy) is 1. The second kappa shape index (κ2) is 9.41. The molecule has 32 heavy (non-hydrogen) atoms. The smallest absolute Gasteiger partial charge is 0.406 e. The van der Waals surface area contributed by atoms with Crippen LogP contribution in [0.3, 0.4) is 0 Å². The van der Waals surface area contributed by atoms with E-state index in [2.05, 4.69) is 30.0 Å². The fourth-order valence-corrected chi connectivity index (χ4v) is 3.73. The zero-order valence-corrected chi connectivity index (χ0v) is 17.3. The van der Waals surface area contributed by atoms with Crippen LogP contribution in [0.5, 0.6) is 5.75 Å². The maximum absolute atomic E-state index is 12.4. The fraction of sp³-hybridized carbons (Fsp3) is 0.429. The van der Waals surface area contributed by atoms with Crippen molar-refractivity contribution in [2.45, 2.75) is 45.1 Å². The Morgan fingerprint density at radius 2 is 1.78 bits per heavy atom. The summed E-state index contributed by atoms with van der Waals surface area (Å²) in [5, 5.41) is 7.87. The number of hydrogen-bond acceptors (Lipinski definition) is 6. The number of amides is 1. The molecule has 0 unspecified atom stereocenters. The molecule has 1 N–H and O–H groups in total.